The number of thioether (sulfide) groups is 1. The number of aromatic nitrogens is 2. The summed E-state index contributed by atoms with van der Waals surface area (Å²) in [6, 6.07) is 21.0. The minimum absolute atomic E-state index is 0.0433. The minimum Gasteiger partial charge on any atom is -0.494 e. The van der Waals surface area contributed by atoms with E-state index < -0.39 is 5.56 Å². The Morgan fingerprint density at radius 1 is 1.04 bits per heavy atom. The third kappa shape index (κ3) is 5.22. The van der Waals surface area contributed by atoms with Crippen LogP contribution in [-0.4, -0.2) is 22.3 Å². The summed E-state index contributed by atoms with van der Waals surface area (Å²) in [6.07, 6.45) is 1.84. The molecule has 1 heterocycles. The van der Waals surface area contributed by atoms with Gasteiger partial charge in [-0.1, -0.05) is 60.3 Å². The van der Waals surface area contributed by atoms with Gasteiger partial charge in [0, 0.05) is 11.3 Å². The molecule has 0 bridgehead atoms. The van der Waals surface area contributed by atoms with Crippen LogP contribution < -0.4 is 10.3 Å². The van der Waals surface area contributed by atoms with Gasteiger partial charge in [0.2, 0.25) is 0 Å². The summed E-state index contributed by atoms with van der Waals surface area (Å²) >= 11 is 1.48. The average molecular weight is 377 g/mol. The van der Waals surface area contributed by atoms with E-state index in [1.165, 1.54) is 11.8 Å². The predicted octanol–water partition coefficient (Wildman–Crippen LogP) is 4.26. The highest BCUT2D eigenvalue weighted by Crippen LogP contribution is 2.22. The molecule has 1 N–H and O–H groups in total. The molecule has 2 aromatic carbocycles. The highest BCUT2D eigenvalue weighted by atomic mass is 32.2. The summed E-state index contributed by atoms with van der Waals surface area (Å²) in [4.78, 5) is 19.4. The molecule has 3 aromatic rings. The molecule has 0 amide bonds. The number of nitriles is 1. The molecule has 5 nitrogen and oxygen atoms in total. The van der Waals surface area contributed by atoms with Crippen LogP contribution in [0.2, 0.25) is 0 Å². The van der Waals surface area contributed by atoms with Crippen LogP contribution in [0.4, 0.5) is 0 Å². The first kappa shape index (κ1) is 18.7. The number of unbranched alkanes of at least 4 members (excludes halogenated alkanes) is 1. The van der Waals surface area contributed by atoms with E-state index in [1.807, 2.05) is 66.7 Å². The first-order chi connectivity index (χ1) is 13.3. The van der Waals surface area contributed by atoms with E-state index in [9.17, 15) is 10.1 Å². The summed E-state index contributed by atoms with van der Waals surface area (Å²) in [5.74, 6) is 1.68. The molecular formula is C21H19N3O2S. The van der Waals surface area contributed by atoms with Gasteiger partial charge in [-0.3, -0.25) is 4.79 Å². The molecule has 0 unspecified atom stereocenters. The Bertz CT molecular complexity index is 966. The first-order valence-corrected chi connectivity index (χ1v) is 9.67. The lowest BCUT2D eigenvalue weighted by molar-refractivity contribution is 0.310. The van der Waals surface area contributed by atoms with Gasteiger partial charge in [-0.2, -0.15) is 5.26 Å². The van der Waals surface area contributed by atoms with Crippen LogP contribution in [0.3, 0.4) is 0 Å². The lowest BCUT2D eigenvalue weighted by atomic mass is 10.1. The summed E-state index contributed by atoms with van der Waals surface area (Å²) in [5.41, 5.74) is 0.832. The highest BCUT2D eigenvalue weighted by molar-refractivity contribution is 7.99. The molecule has 1 aromatic heterocycles. The van der Waals surface area contributed by atoms with Gasteiger partial charge in [0.05, 0.1) is 12.3 Å². The fourth-order valence-corrected chi connectivity index (χ4v) is 3.37. The second kappa shape index (κ2) is 9.60. The standard InChI is InChI=1S/C21H19N3O2S/c22-15-18-19(16-9-3-1-4-10-16)23-21(24-20(18)25)27-14-8-7-13-26-17-11-5-2-6-12-17/h1-6,9-12H,7-8,13-14H2,(H,23,24,25). The summed E-state index contributed by atoms with van der Waals surface area (Å²) in [5, 5.41) is 9.82. The third-order valence-electron chi connectivity index (χ3n) is 3.85. The smallest absolute Gasteiger partial charge is 0.270 e. The van der Waals surface area contributed by atoms with Crippen molar-refractivity contribution in [3.63, 3.8) is 0 Å². The van der Waals surface area contributed by atoms with Crippen LogP contribution >= 0.6 is 11.8 Å². The van der Waals surface area contributed by atoms with E-state index in [0.29, 0.717) is 17.5 Å². The van der Waals surface area contributed by atoms with Gasteiger partial charge < -0.3 is 9.72 Å². The second-order valence-corrected chi connectivity index (χ2v) is 6.87. The summed E-state index contributed by atoms with van der Waals surface area (Å²) in [7, 11) is 0. The van der Waals surface area contributed by atoms with Gasteiger partial charge in [-0.25, -0.2) is 4.98 Å². The van der Waals surface area contributed by atoms with Crippen molar-refractivity contribution < 1.29 is 4.74 Å². The van der Waals surface area contributed by atoms with Gasteiger partial charge in [0.25, 0.3) is 5.56 Å². The SMILES string of the molecule is N#Cc1c(-c2ccccc2)nc(SCCCCOc2ccccc2)[nH]c1=O. The fraction of sp³-hybridized carbons (Fsp3) is 0.190. The number of nitrogens with zero attached hydrogens (tertiary/aromatic N) is 2. The van der Waals surface area contributed by atoms with Crippen molar-refractivity contribution in [1.29, 1.82) is 5.26 Å². The Hall–Kier alpha value is -3.04. The summed E-state index contributed by atoms with van der Waals surface area (Å²) in [6.45, 7) is 0.650. The van der Waals surface area contributed by atoms with E-state index in [1.54, 1.807) is 0 Å². The molecule has 0 saturated carbocycles. The molecule has 3 rings (SSSR count). The molecule has 0 aliphatic carbocycles. The van der Waals surface area contributed by atoms with E-state index in [-0.39, 0.29) is 5.56 Å². The number of hydrogen-bond donors (Lipinski definition) is 1. The van der Waals surface area contributed by atoms with Crippen LogP contribution in [0.25, 0.3) is 11.3 Å². The lowest BCUT2D eigenvalue weighted by Gasteiger charge is -2.07. The largest absolute Gasteiger partial charge is 0.494 e. The molecule has 0 radical (unpaired) electrons. The maximum atomic E-state index is 12.2. The minimum atomic E-state index is -0.402. The number of benzene rings is 2. The Balaban J connectivity index is 1.57. The molecule has 0 aliphatic rings. The van der Waals surface area contributed by atoms with Crippen molar-refractivity contribution in [2.45, 2.75) is 18.0 Å². The number of H-pyrrole nitrogens is 1. The van der Waals surface area contributed by atoms with E-state index in [2.05, 4.69) is 9.97 Å². The van der Waals surface area contributed by atoms with Crippen LogP contribution in [0.1, 0.15) is 18.4 Å². The Kier molecular flexibility index (Phi) is 6.66. The molecule has 0 atom stereocenters. The first-order valence-electron chi connectivity index (χ1n) is 8.68. The van der Waals surface area contributed by atoms with Gasteiger partial charge >= 0.3 is 0 Å². The predicted molar refractivity (Wildman–Crippen MR) is 107 cm³/mol. The Morgan fingerprint density at radius 3 is 2.44 bits per heavy atom. The zero-order valence-electron chi connectivity index (χ0n) is 14.7. The number of aromatic amines is 1. The zero-order chi connectivity index (χ0) is 18.9. The van der Waals surface area contributed by atoms with Crippen molar-refractivity contribution in [2.75, 3.05) is 12.4 Å². The van der Waals surface area contributed by atoms with Crippen LogP contribution in [0.5, 0.6) is 5.75 Å². The van der Waals surface area contributed by atoms with Gasteiger partial charge in [0.1, 0.15) is 17.4 Å². The maximum absolute atomic E-state index is 12.2. The zero-order valence-corrected chi connectivity index (χ0v) is 15.5. The average Bonchev–Trinajstić information content (AvgIpc) is 2.71. The van der Waals surface area contributed by atoms with Crippen molar-refractivity contribution in [3.8, 4) is 23.1 Å². The van der Waals surface area contributed by atoms with Crippen molar-refractivity contribution in [2.24, 2.45) is 0 Å². The van der Waals surface area contributed by atoms with Crippen LogP contribution in [0, 0.1) is 11.3 Å². The second-order valence-electron chi connectivity index (χ2n) is 5.79. The monoisotopic (exact) mass is 377 g/mol. The van der Waals surface area contributed by atoms with Gasteiger partial charge in [-0.15, -0.1) is 0 Å². The number of ether oxygens (including phenoxy) is 1. The molecule has 6 heteroatoms. The molecule has 0 spiro atoms. The number of hydrogen-bond acceptors (Lipinski definition) is 5. The Labute approximate surface area is 162 Å². The van der Waals surface area contributed by atoms with Crippen molar-refractivity contribution in [1.82, 2.24) is 9.97 Å². The number of nitrogens with one attached hydrogen (secondary N) is 1. The van der Waals surface area contributed by atoms with Gasteiger partial charge in [0.15, 0.2) is 5.16 Å². The highest BCUT2D eigenvalue weighted by Gasteiger charge is 2.13. The molecule has 0 aliphatic heterocycles. The third-order valence-corrected chi connectivity index (χ3v) is 4.81. The fourth-order valence-electron chi connectivity index (χ4n) is 2.51. The number of para-hydroxylation sites is 1. The molecule has 27 heavy (non-hydrogen) atoms. The molecule has 136 valence electrons. The topological polar surface area (TPSA) is 78.8 Å². The molecule has 0 fully saturated rings. The normalized spacial score (nSPS) is 10.3. The van der Waals surface area contributed by atoms with E-state index in [4.69, 9.17) is 4.74 Å². The van der Waals surface area contributed by atoms with Crippen molar-refractivity contribution >= 4 is 11.8 Å². The van der Waals surface area contributed by atoms with Crippen molar-refractivity contribution in [3.05, 3.63) is 76.6 Å². The summed E-state index contributed by atoms with van der Waals surface area (Å²) < 4.78 is 5.67. The van der Waals surface area contributed by atoms with E-state index >= 15 is 0 Å². The molecule has 0 saturated heterocycles. The van der Waals surface area contributed by atoms with Crippen LogP contribution in [-0.2, 0) is 0 Å². The van der Waals surface area contributed by atoms with Crippen LogP contribution in [0.15, 0.2) is 70.6 Å². The quantitative estimate of drug-likeness (QED) is 0.360. The maximum Gasteiger partial charge on any atom is 0.270 e. The van der Waals surface area contributed by atoms with Gasteiger partial charge in [-0.05, 0) is 25.0 Å². The van der Waals surface area contributed by atoms with E-state index in [0.717, 1.165) is 29.9 Å². The molecular weight excluding hydrogens is 358 g/mol. The number of rotatable bonds is 8. The Morgan fingerprint density at radius 2 is 1.74 bits per heavy atom. The lowest BCUT2D eigenvalue weighted by Crippen LogP contribution is -2.14.